The second kappa shape index (κ2) is 6.76. The molecule has 0 radical (unpaired) electrons. The maximum atomic E-state index is 12.5. The second-order valence-electron chi connectivity index (χ2n) is 6.39. The zero-order chi connectivity index (χ0) is 17.3. The number of amides is 1. The summed E-state index contributed by atoms with van der Waals surface area (Å²) in [7, 11) is -4.59. The third-order valence-corrected chi connectivity index (χ3v) is 6.12. The van der Waals surface area contributed by atoms with Crippen LogP contribution in [0.2, 0.25) is 0 Å². The van der Waals surface area contributed by atoms with Crippen molar-refractivity contribution in [2.75, 3.05) is 13.1 Å². The number of halogens is 2. The van der Waals surface area contributed by atoms with Crippen LogP contribution in [0.25, 0.3) is 0 Å². The van der Waals surface area contributed by atoms with E-state index in [2.05, 4.69) is 5.32 Å². The van der Waals surface area contributed by atoms with Gasteiger partial charge in [0.25, 0.3) is 0 Å². The van der Waals surface area contributed by atoms with Crippen molar-refractivity contribution in [2.45, 2.75) is 48.4 Å². The maximum absolute atomic E-state index is 12.5. The van der Waals surface area contributed by atoms with Gasteiger partial charge in [0.15, 0.2) is 0 Å². The van der Waals surface area contributed by atoms with Gasteiger partial charge in [-0.2, -0.15) is 8.78 Å². The molecule has 0 aliphatic carbocycles. The Hall–Kier alpha value is -1.54. The molecule has 5 nitrogen and oxygen atoms in total. The Morgan fingerprint density at radius 1 is 1.17 bits per heavy atom. The Kier molecular flexibility index (Phi) is 4.87. The number of sulfone groups is 1. The first-order valence-electron chi connectivity index (χ1n) is 8.01. The van der Waals surface area contributed by atoms with E-state index in [1.54, 1.807) is 0 Å². The van der Waals surface area contributed by atoms with Gasteiger partial charge in [0.2, 0.25) is 15.7 Å². The molecule has 2 aliphatic rings. The lowest BCUT2D eigenvalue weighted by Crippen LogP contribution is -2.39. The molecule has 3 rings (SSSR count). The molecular weight excluding hydrogens is 338 g/mol. The summed E-state index contributed by atoms with van der Waals surface area (Å²) in [6.07, 6.45) is 3.32. The van der Waals surface area contributed by atoms with Crippen LogP contribution in [0.4, 0.5) is 8.78 Å². The lowest BCUT2D eigenvalue weighted by Gasteiger charge is -2.24. The lowest BCUT2D eigenvalue weighted by molar-refractivity contribution is -0.130. The maximum Gasteiger partial charge on any atom is 0.341 e. The van der Waals surface area contributed by atoms with Crippen LogP contribution in [0.5, 0.6) is 0 Å². The number of benzene rings is 1. The standard InChI is InChI=1S/C16H20F2N2O3S/c17-16(18)24(22,23)14-5-1-11(2-6-14)9-15(21)20-8-7-12-3-4-13(10-20)19-12/h1-2,5-6,12-13,16,19H,3-4,7-10H2. The summed E-state index contributed by atoms with van der Waals surface area (Å²) in [4.78, 5) is 13.9. The van der Waals surface area contributed by atoms with Gasteiger partial charge in [-0.05, 0) is 37.0 Å². The molecule has 0 aromatic heterocycles. The highest BCUT2D eigenvalue weighted by Gasteiger charge is 2.31. The summed E-state index contributed by atoms with van der Waals surface area (Å²) in [5.74, 6) is -3.46. The minimum atomic E-state index is -4.59. The number of hydrogen-bond acceptors (Lipinski definition) is 4. The summed E-state index contributed by atoms with van der Waals surface area (Å²) >= 11 is 0. The number of rotatable bonds is 4. The molecule has 0 spiro atoms. The van der Waals surface area contributed by atoms with Crippen LogP contribution in [0.15, 0.2) is 29.2 Å². The summed E-state index contributed by atoms with van der Waals surface area (Å²) in [6, 6.07) is 5.96. The van der Waals surface area contributed by atoms with Gasteiger partial charge < -0.3 is 10.2 Å². The summed E-state index contributed by atoms with van der Waals surface area (Å²) in [5, 5.41) is 3.50. The largest absolute Gasteiger partial charge is 0.341 e. The van der Waals surface area contributed by atoms with Gasteiger partial charge in [0.1, 0.15) is 0 Å². The molecule has 24 heavy (non-hydrogen) atoms. The average molecular weight is 358 g/mol. The highest BCUT2D eigenvalue weighted by Crippen LogP contribution is 2.22. The molecule has 8 heteroatoms. The molecule has 2 bridgehead atoms. The minimum absolute atomic E-state index is 0.0196. The van der Waals surface area contributed by atoms with Crippen LogP contribution in [0, 0.1) is 0 Å². The molecule has 1 aromatic rings. The molecule has 2 fully saturated rings. The molecular formula is C16H20F2N2O3S. The molecule has 1 aromatic carbocycles. The molecule has 1 N–H and O–H groups in total. The smallest absolute Gasteiger partial charge is 0.341 e. The normalized spacial score (nSPS) is 24.2. The number of nitrogens with one attached hydrogen (secondary N) is 1. The number of hydrogen-bond donors (Lipinski definition) is 1. The zero-order valence-electron chi connectivity index (χ0n) is 13.1. The van der Waals surface area contributed by atoms with Gasteiger partial charge >= 0.3 is 5.76 Å². The molecule has 2 aliphatic heterocycles. The van der Waals surface area contributed by atoms with Gasteiger partial charge in [0, 0.05) is 25.2 Å². The first kappa shape index (κ1) is 17.3. The van der Waals surface area contributed by atoms with Gasteiger partial charge in [-0.3, -0.25) is 4.79 Å². The third-order valence-electron chi connectivity index (χ3n) is 4.72. The molecule has 2 unspecified atom stereocenters. The average Bonchev–Trinajstić information content (AvgIpc) is 2.86. The Bertz CT molecular complexity index is 707. The minimum Gasteiger partial charge on any atom is -0.341 e. The van der Waals surface area contributed by atoms with Crippen molar-refractivity contribution in [3.63, 3.8) is 0 Å². The van der Waals surface area contributed by atoms with E-state index < -0.39 is 20.5 Å². The summed E-state index contributed by atoms with van der Waals surface area (Å²) in [6.45, 7) is 1.40. The fraction of sp³-hybridized carbons (Fsp3) is 0.562. The summed E-state index contributed by atoms with van der Waals surface area (Å²) < 4.78 is 47.8. The number of carbonyl (C=O) groups is 1. The predicted molar refractivity (Wildman–Crippen MR) is 84.5 cm³/mol. The highest BCUT2D eigenvalue weighted by molar-refractivity contribution is 7.91. The van der Waals surface area contributed by atoms with E-state index in [9.17, 15) is 22.0 Å². The highest BCUT2D eigenvalue weighted by atomic mass is 32.2. The van der Waals surface area contributed by atoms with Gasteiger partial charge in [-0.25, -0.2) is 8.42 Å². The monoisotopic (exact) mass is 358 g/mol. The Morgan fingerprint density at radius 3 is 2.50 bits per heavy atom. The van der Waals surface area contributed by atoms with Crippen LogP contribution in [-0.2, 0) is 21.1 Å². The van der Waals surface area contributed by atoms with Crippen LogP contribution in [-0.4, -0.2) is 50.2 Å². The van der Waals surface area contributed by atoms with Crippen LogP contribution in [0.3, 0.4) is 0 Å². The number of likely N-dealkylation sites (tertiary alicyclic amines) is 1. The van der Waals surface area contributed by atoms with E-state index in [-0.39, 0.29) is 12.3 Å². The van der Waals surface area contributed by atoms with E-state index in [0.717, 1.165) is 31.4 Å². The molecule has 2 heterocycles. The number of nitrogens with zero attached hydrogens (tertiary/aromatic N) is 1. The van der Waals surface area contributed by atoms with E-state index in [1.807, 2.05) is 4.90 Å². The first-order valence-corrected chi connectivity index (χ1v) is 9.55. The van der Waals surface area contributed by atoms with Crippen molar-refractivity contribution in [1.82, 2.24) is 10.2 Å². The van der Waals surface area contributed by atoms with Crippen molar-refractivity contribution < 1.29 is 22.0 Å². The van der Waals surface area contributed by atoms with Gasteiger partial charge in [-0.15, -0.1) is 0 Å². The van der Waals surface area contributed by atoms with Crippen molar-refractivity contribution in [2.24, 2.45) is 0 Å². The van der Waals surface area contributed by atoms with Crippen molar-refractivity contribution in [3.05, 3.63) is 29.8 Å². The first-order chi connectivity index (χ1) is 11.4. The van der Waals surface area contributed by atoms with E-state index in [1.165, 1.54) is 12.1 Å². The second-order valence-corrected chi connectivity index (χ2v) is 8.31. The van der Waals surface area contributed by atoms with E-state index in [4.69, 9.17) is 0 Å². The fourth-order valence-electron chi connectivity index (χ4n) is 3.36. The molecule has 1 amide bonds. The van der Waals surface area contributed by atoms with Crippen molar-refractivity contribution >= 4 is 15.7 Å². The Labute approximate surface area is 139 Å². The molecule has 2 atom stereocenters. The Morgan fingerprint density at radius 2 is 1.83 bits per heavy atom. The molecule has 2 saturated heterocycles. The number of carbonyl (C=O) groups excluding carboxylic acids is 1. The SMILES string of the molecule is O=C(Cc1ccc(S(=O)(=O)C(F)F)cc1)N1CCC2CCC(C1)N2. The van der Waals surface area contributed by atoms with Crippen molar-refractivity contribution in [1.29, 1.82) is 0 Å². The molecule has 132 valence electrons. The zero-order valence-corrected chi connectivity index (χ0v) is 13.9. The molecule has 0 saturated carbocycles. The van der Waals surface area contributed by atoms with E-state index >= 15 is 0 Å². The van der Waals surface area contributed by atoms with Gasteiger partial charge in [0.05, 0.1) is 11.3 Å². The number of alkyl halides is 2. The van der Waals surface area contributed by atoms with Gasteiger partial charge in [-0.1, -0.05) is 12.1 Å². The quantitative estimate of drug-likeness (QED) is 0.887. The third kappa shape index (κ3) is 3.59. The van der Waals surface area contributed by atoms with E-state index in [0.29, 0.717) is 30.7 Å². The topological polar surface area (TPSA) is 66.5 Å². The van der Waals surface area contributed by atoms with Crippen LogP contribution >= 0.6 is 0 Å². The van der Waals surface area contributed by atoms with Crippen LogP contribution in [0.1, 0.15) is 24.8 Å². The Balaban J connectivity index is 1.64. The van der Waals surface area contributed by atoms with Crippen molar-refractivity contribution in [3.8, 4) is 0 Å². The fourth-order valence-corrected chi connectivity index (χ4v) is 4.08. The number of fused-ring (bicyclic) bond motifs is 2. The summed E-state index contributed by atoms with van der Waals surface area (Å²) in [5.41, 5.74) is 0.621. The predicted octanol–water partition coefficient (Wildman–Crippen LogP) is 1.58. The van der Waals surface area contributed by atoms with Crippen LogP contribution < -0.4 is 5.32 Å². The lowest BCUT2D eigenvalue weighted by atomic mass is 10.1.